The lowest BCUT2D eigenvalue weighted by Crippen LogP contribution is -3.08. The molecule has 0 aromatic heterocycles. The van der Waals surface area contributed by atoms with Gasteiger partial charge < -0.3 is 15.0 Å². The Morgan fingerprint density at radius 1 is 1.29 bits per heavy atom. The number of rotatable bonds is 8. The molecule has 1 atom stereocenters. The largest absolute Gasteiger partial charge is 0.490 e. The van der Waals surface area contributed by atoms with E-state index in [-0.39, 0.29) is 5.91 Å². The SMILES string of the molecule is C=CCOc1ccc(C[NH+](C)CC(=O)Nc2cccc(Br)c2)cc1. The van der Waals surface area contributed by atoms with Gasteiger partial charge in [-0.15, -0.1) is 0 Å². The Bertz CT molecular complexity index is 686. The van der Waals surface area contributed by atoms with Crippen molar-refractivity contribution in [2.24, 2.45) is 0 Å². The highest BCUT2D eigenvalue weighted by atomic mass is 79.9. The molecular weight excluding hydrogens is 368 g/mol. The number of quaternary nitrogens is 1. The average Bonchev–Trinajstić information content (AvgIpc) is 2.54. The van der Waals surface area contributed by atoms with E-state index in [1.165, 1.54) is 0 Å². The molecule has 0 fully saturated rings. The van der Waals surface area contributed by atoms with Gasteiger partial charge in [-0.1, -0.05) is 34.7 Å². The lowest BCUT2D eigenvalue weighted by Gasteiger charge is -2.14. The van der Waals surface area contributed by atoms with Crippen molar-refractivity contribution in [1.29, 1.82) is 0 Å². The van der Waals surface area contributed by atoms with E-state index in [9.17, 15) is 4.79 Å². The summed E-state index contributed by atoms with van der Waals surface area (Å²) in [6.07, 6.45) is 1.72. The molecule has 0 aliphatic heterocycles. The third-order valence-corrected chi connectivity index (χ3v) is 3.86. The summed E-state index contributed by atoms with van der Waals surface area (Å²) in [5, 5.41) is 2.91. The Labute approximate surface area is 151 Å². The van der Waals surface area contributed by atoms with E-state index in [4.69, 9.17) is 4.74 Å². The van der Waals surface area contributed by atoms with E-state index in [0.717, 1.165) is 32.9 Å². The number of likely N-dealkylation sites (N-methyl/N-ethyl adjacent to an activating group) is 1. The minimum Gasteiger partial charge on any atom is -0.490 e. The zero-order valence-corrected chi connectivity index (χ0v) is 15.3. The fraction of sp³-hybridized carbons (Fsp3) is 0.211. The van der Waals surface area contributed by atoms with E-state index in [1.807, 2.05) is 55.6 Å². The van der Waals surface area contributed by atoms with Crippen LogP contribution in [0.4, 0.5) is 5.69 Å². The molecule has 2 aromatic rings. The van der Waals surface area contributed by atoms with Gasteiger partial charge in [0.2, 0.25) is 0 Å². The number of benzene rings is 2. The molecule has 24 heavy (non-hydrogen) atoms. The van der Waals surface area contributed by atoms with Gasteiger partial charge in [0.25, 0.3) is 5.91 Å². The van der Waals surface area contributed by atoms with Gasteiger partial charge in [-0.25, -0.2) is 0 Å². The van der Waals surface area contributed by atoms with Crippen LogP contribution in [0.3, 0.4) is 0 Å². The Morgan fingerprint density at radius 3 is 2.71 bits per heavy atom. The van der Waals surface area contributed by atoms with Crippen molar-refractivity contribution in [2.75, 3.05) is 25.5 Å². The van der Waals surface area contributed by atoms with Gasteiger partial charge in [-0.05, 0) is 42.5 Å². The number of amides is 1. The summed E-state index contributed by atoms with van der Waals surface area (Å²) in [6, 6.07) is 15.5. The Morgan fingerprint density at radius 2 is 2.04 bits per heavy atom. The molecule has 0 aliphatic rings. The topological polar surface area (TPSA) is 42.8 Å². The van der Waals surface area contributed by atoms with Gasteiger partial charge in [0.05, 0.1) is 7.05 Å². The van der Waals surface area contributed by atoms with Gasteiger partial charge in [0.15, 0.2) is 6.54 Å². The predicted molar refractivity (Wildman–Crippen MR) is 100 cm³/mol. The summed E-state index contributed by atoms with van der Waals surface area (Å²) in [6.45, 7) is 5.30. The molecule has 1 amide bonds. The first-order valence-corrected chi connectivity index (χ1v) is 8.55. The van der Waals surface area contributed by atoms with Gasteiger partial charge in [0.1, 0.15) is 18.9 Å². The monoisotopic (exact) mass is 389 g/mol. The second-order valence-electron chi connectivity index (χ2n) is 5.61. The van der Waals surface area contributed by atoms with Gasteiger partial charge >= 0.3 is 0 Å². The fourth-order valence-electron chi connectivity index (χ4n) is 2.32. The van der Waals surface area contributed by atoms with Crippen LogP contribution in [0.15, 0.2) is 65.7 Å². The number of carbonyl (C=O) groups excluding carboxylic acids is 1. The maximum absolute atomic E-state index is 12.1. The minimum atomic E-state index is -0.00321. The van der Waals surface area contributed by atoms with Crippen LogP contribution in [0.2, 0.25) is 0 Å². The van der Waals surface area contributed by atoms with Crippen molar-refractivity contribution in [3.8, 4) is 5.75 Å². The maximum atomic E-state index is 12.1. The van der Waals surface area contributed by atoms with Crippen molar-refractivity contribution in [1.82, 2.24) is 0 Å². The van der Waals surface area contributed by atoms with Crippen LogP contribution in [-0.4, -0.2) is 26.1 Å². The van der Waals surface area contributed by atoms with E-state index in [1.54, 1.807) is 6.08 Å². The summed E-state index contributed by atoms with van der Waals surface area (Å²) in [5.74, 6) is 0.820. The highest BCUT2D eigenvalue weighted by Gasteiger charge is 2.11. The van der Waals surface area contributed by atoms with Crippen LogP contribution in [0.5, 0.6) is 5.75 Å². The highest BCUT2D eigenvalue weighted by Crippen LogP contribution is 2.15. The lowest BCUT2D eigenvalue weighted by atomic mass is 10.2. The smallest absolute Gasteiger partial charge is 0.279 e. The van der Waals surface area contributed by atoms with E-state index in [2.05, 4.69) is 27.8 Å². The number of hydrogen-bond donors (Lipinski definition) is 2. The molecule has 2 aromatic carbocycles. The summed E-state index contributed by atoms with van der Waals surface area (Å²) in [7, 11) is 2.00. The molecule has 0 bridgehead atoms. The quantitative estimate of drug-likeness (QED) is 0.681. The first-order chi connectivity index (χ1) is 11.6. The second kappa shape index (κ2) is 9.25. The molecule has 126 valence electrons. The van der Waals surface area contributed by atoms with Gasteiger partial charge in [-0.2, -0.15) is 0 Å². The maximum Gasteiger partial charge on any atom is 0.279 e. The molecule has 0 heterocycles. The summed E-state index contributed by atoms with van der Waals surface area (Å²) in [4.78, 5) is 13.2. The molecule has 0 saturated heterocycles. The van der Waals surface area contributed by atoms with Gasteiger partial charge in [-0.3, -0.25) is 4.79 Å². The predicted octanol–water partition coefficient (Wildman–Crippen LogP) is 2.67. The third-order valence-electron chi connectivity index (χ3n) is 3.37. The van der Waals surface area contributed by atoms with E-state index < -0.39 is 0 Å². The van der Waals surface area contributed by atoms with Crippen LogP contribution in [0, 0.1) is 0 Å². The van der Waals surface area contributed by atoms with Crippen molar-refractivity contribution >= 4 is 27.5 Å². The summed E-state index contributed by atoms with van der Waals surface area (Å²) >= 11 is 3.40. The number of carbonyl (C=O) groups is 1. The minimum absolute atomic E-state index is 0.00321. The van der Waals surface area contributed by atoms with Crippen molar-refractivity contribution in [3.05, 3.63) is 71.2 Å². The zero-order valence-electron chi connectivity index (χ0n) is 13.7. The fourth-order valence-corrected chi connectivity index (χ4v) is 2.71. The molecular formula is C19H22BrN2O2+. The highest BCUT2D eigenvalue weighted by molar-refractivity contribution is 9.10. The molecule has 2 rings (SSSR count). The molecule has 0 spiro atoms. The summed E-state index contributed by atoms with van der Waals surface area (Å²) < 4.78 is 6.41. The van der Waals surface area contributed by atoms with Crippen LogP contribution < -0.4 is 15.0 Å². The number of nitrogens with one attached hydrogen (secondary N) is 2. The third kappa shape index (κ3) is 6.18. The van der Waals surface area contributed by atoms with Crippen molar-refractivity contribution < 1.29 is 14.4 Å². The van der Waals surface area contributed by atoms with Crippen LogP contribution in [0.1, 0.15) is 5.56 Å². The first-order valence-electron chi connectivity index (χ1n) is 7.76. The zero-order chi connectivity index (χ0) is 17.4. The number of ether oxygens (including phenoxy) is 1. The van der Waals surface area contributed by atoms with Crippen LogP contribution >= 0.6 is 15.9 Å². The molecule has 2 N–H and O–H groups in total. The molecule has 0 aliphatic carbocycles. The van der Waals surface area contributed by atoms with E-state index in [0.29, 0.717) is 13.2 Å². The number of anilines is 1. The van der Waals surface area contributed by atoms with Crippen molar-refractivity contribution in [3.63, 3.8) is 0 Å². The second-order valence-corrected chi connectivity index (χ2v) is 6.53. The standard InChI is InChI=1S/C19H21BrN2O2/c1-3-11-24-18-9-7-15(8-10-18)13-22(2)14-19(23)21-17-6-4-5-16(20)12-17/h3-10,12H,1,11,13-14H2,2H3,(H,21,23)/p+1. The molecule has 5 heteroatoms. The molecule has 0 radical (unpaired) electrons. The van der Waals surface area contributed by atoms with E-state index >= 15 is 0 Å². The molecule has 1 unspecified atom stereocenters. The van der Waals surface area contributed by atoms with Gasteiger partial charge in [0, 0.05) is 15.7 Å². The number of halogens is 1. The summed E-state index contributed by atoms with van der Waals surface area (Å²) in [5.41, 5.74) is 1.96. The average molecular weight is 390 g/mol. The van der Waals surface area contributed by atoms with Crippen molar-refractivity contribution in [2.45, 2.75) is 6.54 Å². The Balaban J connectivity index is 1.82. The molecule has 4 nitrogen and oxygen atoms in total. The Kier molecular flexibility index (Phi) is 7.03. The first kappa shape index (κ1) is 18.2. The van der Waals surface area contributed by atoms with Crippen LogP contribution in [0.25, 0.3) is 0 Å². The number of hydrogen-bond acceptors (Lipinski definition) is 2. The lowest BCUT2D eigenvalue weighted by molar-refractivity contribution is -0.885. The Hall–Kier alpha value is -2.11. The molecule has 0 saturated carbocycles. The normalized spacial score (nSPS) is 11.6. The van der Waals surface area contributed by atoms with Crippen LogP contribution in [-0.2, 0) is 11.3 Å².